The molecule has 3 rings (SSSR count). The first kappa shape index (κ1) is 20.0. The van der Waals surface area contributed by atoms with Gasteiger partial charge in [0.05, 0.1) is 11.5 Å². The molecule has 1 aliphatic carbocycles. The number of hydrogen-bond donors (Lipinski definition) is 0. The van der Waals surface area contributed by atoms with Gasteiger partial charge < -0.3 is 4.74 Å². The summed E-state index contributed by atoms with van der Waals surface area (Å²) in [6.07, 6.45) is 12.3. The van der Waals surface area contributed by atoms with Crippen molar-refractivity contribution < 1.29 is 9.53 Å². The lowest BCUT2D eigenvalue weighted by atomic mass is 9.80. The minimum Gasteiger partial charge on any atom is -0.426 e. The van der Waals surface area contributed by atoms with E-state index >= 15 is 0 Å². The average Bonchev–Trinajstić information content (AvgIpc) is 2.75. The summed E-state index contributed by atoms with van der Waals surface area (Å²) in [4.78, 5) is 20.8. The summed E-state index contributed by atoms with van der Waals surface area (Å²) >= 11 is 0. The zero-order valence-corrected chi connectivity index (χ0v) is 16.4. The number of carbonyl (C=O) groups excluding carboxylic acids is 1. The van der Waals surface area contributed by atoms with Crippen molar-refractivity contribution in [3.8, 4) is 23.2 Å². The van der Waals surface area contributed by atoms with Crippen LogP contribution in [-0.4, -0.2) is 15.9 Å². The summed E-state index contributed by atoms with van der Waals surface area (Å²) < 4.78 is 5.59. The fourth-order valence-electron chi connectivity index (χ4n) is 3.78. The van der Waals surface area contributed by atoms with Crippen LogP contribution in [0, 0.1) is 23.2 Å². The van der Waals surface area contributed by atoms with E-state index in [1.54, 1.807) is 12.1 Å². The number of benzene rings is 1. The van der Waals surface area contributed by atoms with Crippen molar-refractivity contribution in [3.63, 3.8) is 0 Å². The van der Waals surface area contributed by atoms with Gasteiger partial charge in [0, 0.05) is 18.0 Å². The third kappa shape index (κ3) is 5.39. The molecular formula is C23H27N3O2. The number of aromatic nitrogens is 2. The van der Waals surface area contributed by atoms with Crippen molar-refractivity contribution >= 4 is 5.97 Å². The molecule has 1 aromatic carbocycles. The highest BCUT2D eigenvalue weighted by Gasteiger charge is 2.27. The van der Waals surface area contributed by atoms with Crippen molar-refractivity contribution in [2.24, 2.45) is 11.8 Å². The number of unbranched alkanes of at least 4 members (excludes halogenated alkanes) is 2. The maximum absolute atomic E-state index is 12.5. The summed E-state index contributed by atoms with van der Waals surface area (Å²) in [5.74, 6) is 1.77. The molecule has 1 aliphatic rings. The fourth-order valence-corrected chi connectivity index (χ4v) is 3.78. The van der Waals surface area contributed by atoms with Crippen LogP contribution in [0.2, 0.25) is 0 Å². The minimum atomic E-state index is -0.116. The van der Waals surface area contributed by atoms with E-state index in [4.69, 9.17) is 10.00 Å². The zero-order chi connectivity index (χ0) is 19.8. The molecule has 1 heterocycles. The highest BCUT2D eigenvalue weighted by Crippen LogP contribution is 2.33. The lowest BCUT2D eigenvalue weighted by Crippen LogP contribution is -2.25. The van der Waals surface area contributed by atoms with E-state index in [2.05, 4.69) is 16.9 Å². The Morgan fingerprint density at radius 3 is 2.39 bits per heavy atom. The van der Waals surface area contributed by atoms with E-state index < -0.39 is 0 Å². The molecule has 1 fully saturated rings. The second kappa shape index (κ2) is 9.98. The first-order chi connectivity index (χ1) is 13.7. The van der Waals surface area contributed by atoms with Crippen molar-refractivity contribution in [2.45, 2.75) is 58.3 Å². The standard InChI is InChI=1S/C23H27N3O2/c1-2-3-4-5-17-6-8-20(9-7-17)23(27)28-21-12-10-19(11-13-21)22-25-15-18(14-24)16-26-22/h10-13,15-17,20H,2-9H2,1H3. The molecule has 0 unspecified atom stereocenters. The van der Waals surface area contributed by atoms with Gasteiger partial charge in [0.15, 0.2) is 5.82 Å². The second-order valence-corrected chi connectivity index (χ2v) is 7.57. The Morgan fingerprint density at radius 1 is 1.11 bits per heavy atom. The van der Waals surface area contributed by atoms with Gasteiger partial charge >= 0.3 is 5.97 Å². The first-order valence-corrected chi connectivity index (χ1v) is 10.2. The van der Waals surface area contributed by atoms with E-state index in [0.29, 0.717) is 17.1 Å². The average molecular weight is 377 g/mol. The number of nitriles is 1. The van der Waals surface area contributed by atoms with Crippen LogP contribution in [0.3, 0.4) is 0 Å². The van der Waals surface area contributed by atoms with Gasteiger partial charge in [-0.3, -0.25) is 4.79 Å². The van der Waals surface area contributed by atoms with Gasteiger partial charge in [-0.05, 0) is 55.9 Å². The van der Waals surface area contributed by atoms with Crippen LogP contribution in [0.5, 0.6) is 5.75 Å². The maximum atomic E-state index is 12.5. The largest absolute Gasteiger partial charge is 0.426 e. The van der Waals surface area contributed by atoms with Gasteiger partial charge in [-0.1, -0.05) is 32.6 Å². The molecule has 0 bridgehead atoms. The van der Waals surface area contributed by atoms with Crippen molar-refractivity contribution in [1.82, 2.24) is 9.97 Å². The Morgan fingerprint density at radius 2 is 1.79 bits per heavy atom. The molecule has 0 atom stereocenters. The Bertz CT molecular complexity index is 801. The van der Waals surface area contributed by atoms with Crippen LogP contribution in [-0.2, 0) is 4.79 Å². The predicted octanol–water partition coefficient (Wildman–Crippen LogP) is 5.31. The van der Waals surface area contributed by atoms with E-state index in [9.17, 15) is 4.79 Å². The number of rotatable bonds is 7. The van der Waals surface area contributed by atoms with Gasteiger partial charge in [0.1, 0.15) is 11.8 Å². The van der Waals surface area contributed by atoms with E-state index in [1.165, 1.54) is 38.1 Å². The summed E-state index contributed by atoms with van der Waals surface area (Å²) in [6.45, 7) is 2.23. The molecule has 1 saturated carbocycles. The topological polar surface area (TPSA) is 75.9 Å². The lowest BCUT2D eigenvalue weighted by molar-refractivity contribution is -0.140. The molecule has 0 radical (unpaired) electrons. The van der Waals surface area contributed by atoms with E-state index in [1.807, 2.05) is 18.2 Å². The van der Waals surface area contributed by atoms with E-state index in [0.717, 1.165) is 37.2 Å². The molecule has 0 saturated heterocycles. The quantitative estimate of drug-likeness (QED) is 0.371. The van der Waals surface area contributed by atoms with Gasteiger partial charge in [0.25, 0.3) is 0 Å². The molecule has 28 heavy (non-hydrogen) atoms. The fraction of sp³-hybridized carbons (Fsp3) is 0.478. The molecule has 5 nitrogen and oxygen atoms in total. The molecule has 1 aromatic heterocycles. The molecule has 0 aliphatic heterocycles. The van der Waals surface area contributed by atoms with Crippen LogP contribution < -0.4 is 4.74 Å². The highest BCUT2D eigenvalue weighted by atomic mass is 16.5. The smallest absolute Gasteiger partial charge is 0.314 e. The number of ether oxygens (including phenoxy) is 1. The van der Waals surface area contributed by atoms with E-state index in [-0.39, 0.29) is 11.9 Å². The normalized spacial score (nSPS) is 19.0. The maximum Gasteiger partial charge on any atom is 0.314 e. The second-order valence-electron chi connectivity index (χ2n) is 7.57. The summed E-state index contributed by atoms with van der Waals surface area (Å²) in [7, 11) is 0. The minimum absolute atomic E-state index is 0.0176. The molecular weight excluding hydrogens is 350 g/mol. The molecule has 5 heteroatoms. The van der Waals surface area contributed by atoms with Crippen LogP contribution in [0.15, 0.2) is 36.7 Å². The van der Waals surface area contributed by atoms with Crippen LogP contribution in [0.25, 0.3) is 11.4 Å². The third-order valence-corrected chi connectivity index (χ3v) is 5.51. The zero-order valence-electron chi connectivity index (χ0n) is 16.4. The van der Waals surface area contributed by atoms with Crippen LogP contribution >= 0.6 is 0 Å². The Labute approximate surface area is 166 Å². The molecule has 2 aromatic rings. The van der Waals surface area contributed by atoms with Crippen molar-refractivity contribution in [1.29, 1.82) is 5.26 Å². The van der Waals surface area contributed by atoms with Crippen LogP contribution in [0.1, 0.15) is 63.9 Å². The summed E-state index contributed by atoms with van der Waals surface area (Å²) in [6, 6.07) is 9.19. The number of carbonyl (C=O) groups is 1. The Hall–Kier alpha value is -2.74. The molecule has 0 amide bonds. The van der Waals surface area contributed by atoms with Crippen molar-refractivity contribution in [3.05, 3.63) is 42.2 Å². The third-order valence-electron chi connectivity index (χ3n) is 5.51. The molecule has 0 spiro atoms. The number of esters is 1. The predicted molar refractivity (Wildman–Crippen MR) is 107 cm³/mol. The molecule has 146 valence electrons. The Balaban J connectivity index is 1.50. The van der Waals surface area contributed by atoms with Gasteiger partial charge in [-0.2, -0.15) is 5.26 Å². The Kier molecular flexibility index (Phi) is 7.13. The van der Waals surface area contributed by atoms with Gasteiger partial charge in [-0.15, -0.1) is 0 Å². The number of hydrogen-bond acceptors (Lipinski definition) is 5. The monoisotopic (exact) mass is 377 g/mol. The molecule has 0 N–H and O–H groups in total. The first-order valence-electron chi connectivity index (χ1n) is 10.2. The summed E-state index contributed by atoms with van der Waals surface area (Å²) in [5.41, 5.74) is 1.24. The van der Waals surface area contributed by atoms with Gasteiger partial charge in [-0.25, -0.2) is 9.97 Å². The lowest BCUT2D eigenvalue weighted by Gasteiger charge is -2.27. The summed E-state index contributed by atoms with van der Waals surface area (Å²) in [5, 5.41) is 8.81. The van der Waals surface area contributed by atoms with Gasteiger partial charge in [0.2, 0.25) is 0 Å². The number of nitrogens with zero attached hydrogens (tertiary/aromatic N) is 3. The SMILES string of the molecule is CCCCCC1CCC(C(=O)Oc2ccc(-c3ncc(C#N)cn3)cc2)CC1. The van der Waals surface area contributed by atoms with Crippen LogP contribution in [0.4, 0.5) is 0 Å². The van der Waals surface area contributed by atoms with Crippen molar-refractivity contribution in [2.75, 3.05) is 0 Å². The highest BCUT2D eigenvalue weighted by molar-refractivity contribution is 5.75.